The monoisotopic (exact) mass is 273 g/mol. The molecule has 0 fully saturated rings. The van der Waals surface area contributed by atoms with Gasteiger partial charge in [0.05, 0.1) is 6.10 Å². The van der Waals surface area contributed by atoms with Gasteiger partial charge < -0.3 is 10.5 Å². The van der Waals surface area contributed by atoms with Gasteiger partial charge in [-0.2, -0.15) is 0 Å². The summed E-state index contributed by atoms with van der Waals surface area (Å²) >= 11 is 0. The molecule has 0 amide bonds. The van der Waals surface area contributed by atoms with E-state index in [2.05, 4.69) is 0 Å². The Labute approximate surface area is 119 Å². The minimum atomic E-state index is -0.227. The first-order valence-corrected chi connectivity index (χ1v) is 6.81. The number of hydrogen-bond acceptors (Lipinski definition) is 2. The third kappa shape index (κ3) is 4.07. The van der Waals surface area contributed by atoms with Crippen molar-refractivity contribution in [2.24, 2.45) is 5.73 Å². The number of nitrogens with two attached hydrogens (primary N) is 1. The van der Waals surface area contributed by atoms with Crippen molar-refractivity contribution in [1.82, 2.24) is 0 Å². The van der Waals surface area contributed by atoms with Crippen LogP contribution in [0, 0.1) is 5.82 Å². The molecule has 0 bridgehead atoms. The molecule has 2 N–H and O–H groups in total. The minimum absolute atomic E-state index is 0.129. The van der Waals surface area contributed by atoms with Crippen molar-refractivity contribution in [2.45, 2.75) is 32.4 Å². The second kappa shape index (κ2) is 6.53. The van der Waals surface area contributed by atoms with Crippen molar-refractivity contribution < 1.29 is 9.13 Å². The van der Waals surface area contributed by atoms with E-state index in [4.69, 9.17) is 10.5 Å². The summed E-state index contributed by atoms with van der Waals surface area (Å²) in [5.74, 6) is 0.599. The summed E-state index contributed by atoms with van der Waals surface area (Å²) in [4.78, 5) is 0. The Hall–Kier alpha value is -1.87. The molecule has 0 radical (unpaired) electrons. The molecule has 0 saturated heterocycles. The van der Waals surface area contributed by atoms with Crippen LogP contribution >= 0.6 is 0 Å². The van der Waals surface area contributed by atoms with Crippen molar-refractivity contribution in [2.75, 3.05) is 0 Å². The lowest BCUT2D eigenvalue weighted by Crippen LogP contribution is -2.14. The predicted molar refractivity (Wildman–Crippen MR) is 79.2 cm³/mol. The molecule has 3 heteroatoms. The van der Waals surface area contributed by atoms with Crippen molar-refractivity contribution in [3.63, 3.8) is 0 Å². The van der Waals surface area contributed by atoms with Crippen LogP contribution in [0.5, 0.6) is 5.75 Å². The van der Waals surface area contributed by atoms with Crippen LogP contribution in [0.25, 0.3) is 0 Å². The van der Waals surface area contributed by atoms with Crippen LogP contribution in [-0.2, 0) is 6.42 Å². The fourth-order valence-corrected chi connectivity index (χ4v) is 2.08. The van der Waals surface area contributed by atoms with E-state index in [9.17, 15) is 4.39 Å². The molecule has 0 aliphatic rings. The smallest absolute Gasteiger partial charge is 0.123 e. The third-order valence-corrected chi connectivity index (χ3v) is 3.03. The molecule has 20 heavy (non-hydrogen) atoms. The Balaban J connectivity index is 2.08. The first kappa shape index (κ1) is 14.5. The zero-order chi connectivity index (χ0) is 14.5. The average molecular weight is 273 g/mol. The fraction of sp³-hybridized carbons (Fsp3) is 0.294. The summed E-state index contributed by atoms with van der Waals surface area (Å²) < 4.78 is 18.5. The molecule has 2 rings (SSSR count). The van der Waals surface area contributed by atoms with Crippen LogP contribution in [0.3, 0.4) is 0 Å². The molecule has 2 nitrogen and oxygen atoms in total. The van der Waals surface area contributed by atoms with Crippen LogP contribution in [0.2, 0.25) is 0 Å². The van der Waals surface area contributed by atoms with E-state index in [0.29, 0.717) is 6.42 Å². The topological polar surface area (TPSA) is 35.2 Å². The number of hydrogen-bond donors (Lipinski definition) is 1. The van der Waals surface area contributed by atoms with Gasteiger partial charge in [0.1, 0.15) is 11.6 Å². The summed E-state index contributed by atoms with van der Waals surface area (Å²) in [6.45, 7) is 3.98. The van der Waals surface area contributed by atoms with Crippen molar-refractivity contribution in [3.8, 4) is 5.75 Å². The van der Waals surface area contributed by atoms with Gasteiger partial charge in [0, 0.05) is 6.04 Å². The van der Waals surface area contributed by atoms with E-state index in [1.165, 1.54) is 12.1 Å². The number of ether oxygens (including phenoxy) is 1. The van der Waals surface area contributed by atoms with E-state index in [1.54, 1.807) is 12.1 Å². The zero-order valence-electron chi connectivity index (χ0n) is 11.8. The Kier molecular flexibility index (Phi) is 4.74. The van der Waals surface area contributed by atoms with E-state index >= 15 is 0 Å². The van der Waals surface area contributed by atoms with Gasteiger partial charge in [-0.1, -0.05) is 24.3 Å². The maximum atomic E-state index is 12.9. The highest BCUT2D eigenvalue weighted by Crippen LogP contribution is 2.21. The Morgan fingerprint density at radius 3 is 2.45 bits per heavy atom. The maximum absolute atomic E-state index is 12.9. The molecular weight excluding hydrogens is 253 g/mol. The standard InChI is InChI=1S/C17H20FNO/c1-12(2)20-16-5-3-4-14(11-16)17(19)10-13-6-8-15(18)9-7-13/h3-9,11-12,17H,10,19H2,1-2H3. The van der Waals surface area contributed by atoms with Crippen LogP contribution in [0.4, 0.5) is 4.39 Å². The summed E-state index contributed by atoms with van der Waals surface area (Å²) in [7, 11) is 0. The van der Waals surface area contributed by atoms with Gasteiger partial charge >= 0.3 is 0 Å². The number of rotatable bonds is 5. The van der Waals surface area contributed by atoms with E-state index in [-0.39, 0.29) is 18.0 Å². The molecule has 0 saturated carbocycles. The average Bonchev–Trinajstić information content (AvgIpc) is 2.41. The van der Waals surface area contributed by atoms with Gasteiger partial charge in [-0.25, -0.2) is 4.39 Å². The fourth-order valence-electron chi connectivity index (χ4n) is 2.08. The predicted octanol–water partition coefficient (Wildman–Crippen LogP) is 3.86. The highest BCUT2D eigenvalue weighted by molar-refractivity contribution is 5.32. The first-order chi connectivity index (χ1) is 9.54. The summed E-state index contributed by atoms with van der Waals surface area (Å²) in [6.07, 6.45) is 0.810. The molecule has 0 aromatic heterocycles. The zero-order valence-corrected chi connectivity index (χ0v) is 11.8. The lowest BCUT2D eigenvalue weighted by atomic mass is 9.99. The normalized spacial score (nSPS) is 12.4. The highest BCUT2D eigenvalue weighted by atomic mass is 19.1. The molecule has 1 atom stereocenters. The summed E-state index contributed by atoms with van der Waals surface area (Å²) in [5, 5.41) is 0. The molecule has 2 aromatic carbocycles. The molecule has 1 unspecified atom stereocenters. The third-order valence-electron chi connectivity index (χ3n) is 3.03. The highest BCUT2D eigenvalue weighted by Gasteiger charge is 2.09. The van der Waals surface area contributed by atoms with Gasteiger partial charge in [-0.05, 0) is 55.7 Å². The molecule has 2 aromatic rings. The second-order valence-corrected chi connectivity index (χ2v) is 5.18. The molecular formula is C17H20FNO. The van der Waals surface area contributed by atoms with Gasteiger partial charge in [0.25, 0.3) is 0 Å². The van der Waals surface area contributed by atoms with E-state index < -0.39 is 0 Å². The minimum Gasteiger partial charge on any atom is -0.491 e. The lowest BCUT2D eigenvalue weighted by Gasteiger charge is -2.15. The van der Waals surface area contributed by atoms with Crippen molar-refractivity contribution in [1.29, 1.82) is 0 Å². The van der Waals surface area contributed by atoms with Crippen LogP contribution in [0.15, 0.2) is 48.5 Å². The van der Waals surface area contributed by atoms with Gasteiger partial charge in [-0.15, -0.1) is 0 Å². The van der Waals surface area contributed by atoms with Crippen LogP contribution < -0.4 is 10.5 Å². The lowest BCUT2D eigenvalue weighted by molar-refractivity contribution is 0.242. The van der Waals surface area contributed by atoms with Gasteiger partial charge in [-0.3, -0.25) is 0 Å². The Morgan fingerprint density at radius 1 is 1.10 bits per heavy atom. The van der Waals surface area contributed by atoms with Crippen LogP contribution in [-0.4, -0.2) is 6.10 Å². The Morgan fingerprint density at radius 2 is 1.80 bits per heavy atom. The van der Waals surface area contributed by atoms with Crippen molar-refractivity contribution in [3.05, 3.63) is 65.5 Å². The summed E-state index contributed by atoms with van der Waals surface area (Å²) in [6, 6.07) is 14.1. The van der Waals surface area contributed by atoms with Gasteiger partial charge in [0.15, 0.2) is 0 Å². The maximum Gasteiger partial charge on any atom is 0.123 e. The number of benzene rings is 2. The first-order valence-electron chi connectivity index (χ1n) is 6.81. The SMILES string of the molecule is CC(C)Oc1cccc(C(N)Cc2ccc(F)cc2)c1. The number of halogens is 1. The summed E-state index contributed by atoms with van der Waals surface area (Å²) in [5.41, 5.74) is 8.26. The molecule has 106 valence electrons. The second-order valence-electron chi connectivity index (χ2n) is 5.18. The largest absolute Gasteiger partial charge is 0.491 e. The van der Waals surface area contributed by atoms with Crippen molar-refractivity contribution >= 4 is 0 Å². The quantitative estimate of drug-likeness (QED) is 0.898. The molecule has 0 spiro atoms. The van der Waals surface area contributed by atoms with E-state index in [1.807, 2.05) is 38.1 Å². The Bertz CT molecular complexity index is 551. The molecule has 0 aliphatic carbocycles. The van der Waals surface area contributed by atoms with Gasteiger partial charge in [0.2, 0.25) is 0 Å². The molecule has 0 heterocycles. The van der Waals surface area contributed by atoms with Crippen LogP contribution in [0.1, 0.15) is 31.0 Å². The molecule has 0 aliphatic heterocycles. The van der Waals surface area contributed by atoms with E-state index in [0.717, 1.165) is 16.9 Å².